The van der Waals surface area contributed by atoms with E-state index < -0.39 is 11.9 Å². The monoisotopic (exact) mass is 558 g/mol. The molecule has 0 radical (unpaired) electrons. The Bertz CT molecular complexity index is 1110. The Morgan fingerprint density at radius 1 is 0.625 bits per heavy atom. The van der Waals surface area contributed by atoms with Crippen LogP contribution in [0.2, 0.25) is 0 Å². The Morgan fingerprint density at radius 3 is 1.18 bits per heavy atom. The van der Waals surface area contributed by atoms with Crippen LogP contribution >= 0.6 is 0 Å². The molecule has 0 atom stereocenters. The topological polar surface area (TPSA) is 152 Å². The maximum absolute atomic E-state index is 11.4. The van der Waals surface area contributed by atoms with Gasteiger partial charge in [-0.15, -0.1) is 0 Å². The van der Waals surface area contributed by atoms with E-state index in [4.69, 9.17) is 29.2 Å². The number of carboxylic acid groups (broad SMARTS) is 2. The molecule has 2 rings (SSSR count). The maximum atomic E-state index is 11.4. The van der Waals surface area contributed by atoms with Gasteiger partial charge in [-0.2, -0.15) is 0 Å². The third-order valence-corrected chi connectivity index (χ3v) is 4.71. The molecule has 2 amide bonds. The number of nitrogens with zero attached hydrogens (tertiary/aromatic N) is 2. The van der Waals surface area contributed by atoms with Crippen LogP contribution in [0.25, 0.3) is 0 Å². The zero-order chi connectivity index (χ0) is 30.2. The summed E-state index contributed by atoms with van der Waals surface area (Å²) in [4.78, 5) is 47.7. The second kappa shape index (κ2) is 16.8. The molecule has 0 aliphatic rings. The lowest BCUT2D eigenvalue weighted by atomic mass is 10.2. The molecule has 12 nitrogen and oxygen atoms in total. The average Bonchev–Trinajstić information content (AvgIpc) is 2.92. The van der Waals surface area contributed by atoms with Gasteiger partial charge in [0, 0.05) is 40.3 Å². The standard InChI is InChI=1S/2C14H17NO5/c2*1-4-5-19-11-6-10(14(17)18)7-12(8-11)20-9-13(16)15(2)3/h2*4,6-8H,1,5,9H2,2-3H3,(H,17,18). The molecule has 0 aliphatic carbocycles. The fourth-order valence-corrected chi connectivity index (χ4v) is 2.58. The number of ether oxygens (including phenoxy) is 4. The molecule has 2 aromatic carbocycles. The zero-order valence-electron chi connectivity index (χ0n) is 22.9. The van der Waals surface area contributed by atoms with Gasteiger partial charge in [0.15, 0.2) is 13.2 Å². The van der Waals surface area contributed by atoms with Crippen LogP contribution in [-0.2, 0) is 9.59 Å². The van der Waals surface area contributed by atoms with Gasteiger partial charge in [-0.1, -0.05) is 25.3 Å². The van der Waals surface area contributed by atoms with Crippen molar-refractivity contribution in [3.05, 3.63) is 72.8 Å². The first-order chi connectivity index (χ1) is 18.9. The van der Waals surface area contributed by atoms with Gasteiger partial charge in [-0.3, -0.25) is 9.59 Å². The van der Waals surface area contributed by atoms with Gasteiger partial charge >= 0.3 is 11.9 Å². The molecule has 0 heterocycles. The van der Waals surface area contributed by atoms with Crippen LogP contribution in [-0.4, -0.2) is 98.4 Å². The molecule has 0 aromatic heterocycles. The molecule has 12 heteroatoms. The van der Waals surface area contributed by atoms with Gasteiger partial charge in [0.25, 0.3) is 11.8 Å². The number of likely N-dealkylation sites (N-methyl/N-ethyl adjacent to an activating group) is 2. The fourth-order valence-electron chi connectivity index (χ4n) is 2.58. The number of benzene rings is 2. The summed E-state index contributed by atoms with van der Waals surface area (Å²) in [6, 6.07) is 8.49. The number of carbonyl (C=O) groups is 4. The molecule has 0 saturated carbocycles. The first-order valence-corrected chi connectivity index (χ1v) is 11.8. The Balaban J connectivity index is 0.000000400. The lowest BCUT2D eigenvalue weighted by molar-refractivity contribution is -0.131. The highest BCUT2D eigenvalue weighted by Crippen LogP contribution is 2.24. The van der Waals surface area contributed by atoms with E-state index in [0.29, 0.717) is 11.5 Å². The van der Waals surface area contributed by atoms with Crippen LogP contribution in [0, 0.1) is 0 Å². The highest BCUT2D eigenvalue weighted by molar-refractivity contribution is 5.89. The average molecular weight is 559 g/mol. The molecule has 0 fully saturated rings. The van der Waals surface area contributed by atoms with Gasteiger partial charge in [0.1, 0.15) is 36.2 Å². The van der Waals surface area contributed by atoms with Gasteiger partial charge in [0.2, 0.25) is 0 Å². The molecule has 2 N–H and O–H groups in total. The van der Waals surface area contributed by atoms with Crippen molar-refractivity contribution in [2.45, 2.75) is 0 Å². The predicted octanol–water partition coefficient (Wildman–Crippen LogP) is 2.83. The smallest absolute Gasteiger partial charge is 0.335 e. The van der Waals surface area contributed by atoms with Crippen LogP contribution in [0.1, 0.15) is 20.7 Å². The normalized spacial score (nSPS) is 9.70. The lowest BCUT2D eigenvalue weighted by Gasteiger charge is -2.13. The largest absolute Gasteiger partial charge is 0.489 e. The molecular weight excluding hydrogens is 524 g/mol. The van der Waals surface area contributed by atoms with Crippen LogP contribution in [0.15, 0.2) is 61.7 Å². The van der Waals surface area contributed by atoms with E-state index in [0.717, 1.165) is 0 Å². The Kier molecular flexibility index (Phi) is 13.8. The van der Waals surface area contributed by atoms with Gasteiger partial charge in [-0.25, -0.2) is 9.59 Å². The number of carboxylic acids is 2. The first kappa shape index (κ1) is 33.0. The highest BCUT2D eigenvalue weighted by Gasteiger charge is 2.12. The Morgan fingerprint density at radius 2 is 0.925 bits per heavy atom. The molecule has 40 heavy (non-hydrogen) atoms. The summed E-state index contributed by atoms with van der Waals surface area (Å²) in [5.41, 5.74) is 0.0535. The molecule has 0 aliphatic heterocycles. The van der Waals surface area contributed by atoms with Crippen molar-refractivity contribution in [3.63, 3.8) is 0 Å². The summed E-state index contributed by atoms with van der Waals surface area (Å²) in [5, 5.41) is 18.0. The Labute approximate surface area is 232 Å². The summed E-state index contributed by atoms with van der Waals surface area (Å²) in [7, 11) is 6.44. The van der Waals surface area contributed by atoms with Crippen molar-refractivity contribution >= 4 is 23.8 Å². The fraction of sp³-hybridized carbons (Fsp3) is 0.286. The second-order valence-electron chi connectivity index (χ2n) is 8.35. The zero-order valence-corrected chi connectivity index (χ0v) is 22.9. The van der Waals surface area contributed by atoms with Crippen molar-refractivity contribution < 1.29 is 48.3 Å². The van der Waals surface area contributed by atoms with Crippen LogP contribution < -0.4 is 18.9 Å². The molecule has 0 bridgehead atoms. The molecule has 2 aromatic rings. The highest BCUT2D eigenvalue weighted by atomic mass is 16.5. The SMILES string of the molecule is C=CCOc1cc(OCC(=O)N(C)C)cc(C(=O)O)c1.C=CCOc1cc(OCC(=O)N(C)C)cc(C(=O)O)c1. The van der Waals surface area contributed by atoms with E-state index in [1.807, 2.05) is 0 Å². The summed E-state index contributed by atoms with van der Waals surface area (Å²) in [6.45, 7) is 7.18. The van der Waals surface area contributed by atoms with E-state index in [1.54, 1.807) is 40.3 Å². The summed E-state index contributed by atoms with van der Waals surface area (Å²) in [5.74, 6) is -1.43. The maximum Gasteiger partial charge on any atom is 0.335 e. The molecular formula is C28H34N2O10. The van der Waals surface area contributed by atoms with E-state index in [2.05, 4.69) is 13.2 Å². The van der Waals surface area contributed by atoms with Crippen LogP contribution in [0.5, 0.6) is 23.0 Å². The van der Waals surface area contributed by atoms with Crippen molar-refractivity contribution in [1.29, 1.82) is 0 Å². The van der Waals surface area contributed by atoms with E-state index >= 15 is 0 Å². The van der Waals surface area contributed by atoms with Crippen molar-refractivity contribution in [3.8, 4) is 23.0 Å². The predicted molar refractivity (Wildman–Crippen MR) is 147 cm³/mol. The molecule has 216 valence electrons. The summed E-state index contributed by atoms with van der Waals surface area (Å²) in [6.07, 6.45) is 3.09. The number of aromatic carboxylic acids is 2. The number of hydrogen-bond donors (Lipinski definition) is 2. The summed E-state index contributed by atoms with van der Waals surface area (Å²) < 4.78 is 21.1. The second-order valence-corrected chi connectivity index (χ2v) is 8.35. The van der Waals surface area contributed by atoms with E-state index in [-0.39, 0.29) is 60.9 Å². The summed E-state index contributed by atoms with van der Waals surface area (Å²) >= 11 is 0. The minimum absolute atomic E-state index is 0.0267. The van der Waals surface area contributed by atoms with Crippen LogP contribution in [0.4, 0.5) is 0 Å². The van der Waals surface area contributed by atoms with E-state index in [9.17, 15) is 19.2 Å². The quantitative estimate of drug-likeness (QED) is 0.331. The van der Waals surface area contributed by atoms with Crippen LogP contribution in [0.3, 0.4) is 0 Å². The van der Waals surface area contributed by atoms with Crippen molar-refractivity contribution in [1.82, 2.24) is 9.80 Å². The molecule has 0 saturated heterocycles. The number of hydrogen-bond acceptors (Lipinski definition) is 8. The number of rotatable bonds is 14. The van der Waals surface area contributed by atoms with Crippen molar-refractivity contribution in [2.75, 3.05) is 54.6 Å². The number of amides is 2. The van der Waals surface area contributed by atoms with Gasteiger partial charge in [-0.05, 0) is 24.3 Å². The lowest BCUT2D eigenvalue weighted by Crippen LogP contribution is -2.27. The van der Waals surface area contributed by atoms with Crippen molar-refractivity contribution in [2.24, 2.45) is 0 Å². The van der Waals surface area contributed by atoms with E-state index in [1.165, 1.54) is 46.2 Å². The molecule has 0 unspecified atom stereocenters. The minimum atomic E-state index is -1.10. The van der Waals surface area contributed by atoms with Gasteiger partial charge in [0.05, 0.1) is 11.1 Å². The molecule has 0 spiro atoms. The number of carbonyl (C=O) groups excluding carboxylic acids is 2. The van der Waals surface area contributed by atoms with Gasteiger partial charge < -0.3 is 39.0 Å². The minimum Gasteiger partial charge on any atom is -0.489 e. The Hall–Kier alpha value is -5.00. The first-order valence-electron chi connectivity index (χ1n) is 11.8. The third-order valence-electron chi connectivity index (χ3n) is 4.71. The third kappa shape index (κ3) is 12.0.